The predicted molar refractivity (Wildman–Crippen MR) is 116 cm³/mol. The summed E-state index contributed by atoms with van der Waals surface area (Å²) in [5, 5.41) is 7.00. The number of rotatable bonds is 9. The molecule has 0 saturated carbocycles. The Labute approximate surface area is 165 Å². The van der Waals surface area contributed by atoms with Crippen LogP contribution in [0.1, 0.15) is 52.5 Å². The van der Waals surface area contributed by atoms with Crippen molar-refractivity contribution < 1.29 is 0 Å². The molecule has 0 unspecified atom stereocenters. The molecule has 0 radical (unpaired) electrons. The maximum absolute atomic E-state index is 4.78. The molecule has 2 heterocycles. The molecule has 27 heavy (non-hydrogen) atoms. The van der Waals surface area contributed by atoms with Crippen LogP contribution in [0.5, 0.6) is 0 Å². The first-order valence-corrected chi connectivity index (χ1v) is 10.7. The molecule has 2 rings (SSSR count). The van der Waals surface area contributed by atoms with E-state index in [1.807, 2.05) is 6.20 Å². The SMILES string of the molecule is CCCN1CCC(NC(=NCc2ccc(N(CC)CC)nc2)NCC)CC1. The maximum Gasteiger partial charge on any atom is 0.191 e. The summed E-state index contributed by atoms with van der Waals surface area (Å²) in [6.07, 6.45) is 5.56. The monoisotopic (exact) mass is 374 g/mol. The second-order valence-corrected chi connectivity index (χ2v) is 7.15. The first-order valence-electron chi connectivity index (χ1n) is 10.7. The van der Waals surface area contributed by atoms with Gasteiger partial charge in [-0.2, -0.15) is 0 Å². The second-order valence-electron chi connectivity index (χ2n) is 7.15. The van der Waals surface area contributed by atoms with Gasteiger partial charge in [-0.05, 0) is 58.2 Å². The maximum atomic E-state index is 4.78. The molecular formula is C21H38N6. The summed E-state index contributed by atoms with van der Waals surface area (Å²) < 4.78 is 0. The number of anilines is 1. The van der Waals surface area contributed by atoms with Crippen LogP contribution >= 0.6 is 0 Å². The van der Waals surface area contributed by atoms with Crippen molar-refractivity contribution in [3.8, 4) is 0 Å². The molecule has 6 nitrogen and oxygen atoms in total. The fraction of sp³-hybridized carbons (Fsp3) is 0.714. The molecule has 0 aliphatic carbocycles. The van der Waals surface area contributed by atoms with Crippen molar-refractivity contribution in [3.05, 3.63) is 23.9 Å². The third kappa shape index (κ3) is 7.01. The number of guanidine groups is 1. The van der Waals surface area contributed by atoms with Crippen LogP contribution in [0.25, 0.3) is 0 Å². The normalized spacial score (nSPS) is 16.4. The zero-order valence-electron chi connectivity index (χ0n) is 17.7. The highest BCUT2D eigenvalue weighted by molar-refractivity contribution is 5.80. The molecule has 0 atom stereocenters. The Morgan fingerprint density at radius 1 is 1.19 bits per heavy atom. The summed E-state index contributed by atoms with van der Waals surface area (Å²) in [7, 11) is 0. The lowest BCUT2D eigenvalue weighted by Gasteiger charge is -2.32. The molecule has 0 aromatic carbocycles. The number of piperidine rings is 1. The second kappa shape index (κ2) is 11.8. The molecule has 2 N–H and O–H groups in total. The van der Waals surface area contributed by atoms with Gasteiger partial charge < -0.3 is 20.4 Å². The van der Waals surface area contributed by atoms with E-state index in [2.05, 4.69) is 65.2 Å². The first kappa shape index (κ1) is 21.5. The quantitative estimate of drug-likeness (QED) is 0.514. The van der Waals surface area contributed by atoms with Gasteiger partial charge in [0.15, 0.2) is 5.96 Å². The summed E-state index contributed by atoms with van der Waals surface area (Å²) in [5.41, 5.74) is 1.14. The van der Waals surface area contributed by atoms with Gasteiger partial charge in [0.05, 0.1) is 6.54 Å². The lowest BCUT2D eigenvalue weighted by molar-refractivity contribution is 0.206. The number of nitrogens with zero attached hydrogens (tertiary/aromatic N) is 4. The van der Waals surface area contributed by atoms with Gasteiger partial charge in [0.2, 0.25) is 0 Å². The molecule has 152 valence electrons. The Balaban J connectivity index is 1.89. The fourth-order valence-electron chi connectivity index (χ4n) is 3.55. The third-order valence-corrected chi connectivity index (χ3v) is 5.13. The summed E-state index contributed by atoms with van der Waals surface area (Å²) in [5.74, 6) is 1.95. The molecule has 0 spiro atoms. The summed E-state index contributed by atoms with van der Waals surface area (Å²) in [6.45, 7) is 15.7. The lowest BCUT2D eigenvalue weighted by atomic mass is 10.1. The largest absolute Gasteiger partial charge is 0.357 e. The van der Waals surface area contributed by atoms with Gasteiger partial charge in [-0.25, -0.2) is 9.98 Å². The molecule has 6 heteroatoms. The summed E-state index contributed by atoms with van der Waals surface area (Å²) >= 11 is 0. The molecule has 1 fully saturated rings. The Morgan fingerprint density at radius 2 is 1.93 bits per heavy atom. The average Bonchev–Trinajstić information content (AvgIpc) is 2.70. The summed E-state index contributed by atoms with van der Waals surface area (Å²) in [6, 6.07) is 4.75. The van der Waals surface area contributed by atoms with Crippen LogP contribution in [-0.2, 0) is 6.54 Å². The molecule has 1 aliphatic heterocycles. The van der Waals surface area contributed by atoms with Crippen molar-refractivity contribution in [2.75, 3.05) is 44.2 Å². The van der Waals surface area contributed by atoms with Crippen molar-refractivity contribution in [3.63, 3.8) is 0 Å². The minimum atomic E-state index is 0.513. The molecule has 1 aromatic heterocycles. The van der Waals surface area contributed by atoms with Crippen molar-refractivity contribution in [2.45, 2.75) is 59.5 Å². The van der Waals surface area contributed by atoms with Crippen LogP contribution in [0, 0.1) is 0 Å². The lowest BCUT2D eigenvalue weighted by Crippen LogP contribution is -2.48. The smallest absolute Gasteiger partial charge is 0.191 e. The van der Waals surface area contributed by atoms with Gasteiger partial charge >= 0.3 is 0 Å². The Kier molecular flexibility index (Phi) is 9.39. The van der Waals surface area contributed by atoms with E-state index in [1.165, 1.54) is 38.9 Å². The van der Waals surface area contributed by atoms with E-state index in [-0.39, 0.29) is 0 Å². The van der Waals surface area contributed by atoms with Crippen LogP contribution in [-0.4, -0.2) is 61.2 Å². The number of pyridine rings is 1. The molecule has 1 saturated heterocycles. The van der Waals surface area contributed by atoms with Crippen molar-refractivity contribution in [1.82, 2.24) is 20.5 Å². The molecule has 1 aliphatic rings. The standard InChI is InChI=1S/C21H38N6/c1-5-13-26-14-11-19(12-15-26)25-21(22-6-2)24-17-18-9-10-20(23-16-18)27(7-3)8-4/h9-10,16,19H,5-8,11-15,17H2,1-4H3,(H2,22,24,25). The van der Waals surface area contributed by atoms with Gasteiger partial charge in [-0.3, -0.25) is 0 Å². The highest BCUT2D eigenvalue weighted by atomic mass is 15.2. The van der Waals surface area contributed by atoms with Crippen LogP contribution in [0.2, 0.25) is 0 Å². The van der Waals surface area contributed by atoms with E-state index in [1.54, 1.807) is 0 Å². The van der Waals surface area contributed by atoms with Crippen LogP contribution in [0.3, 0.4) is 0 Å². The van der Waals surface area contributed by atoms with Crippen molar-refractivity contribution in [1.29, 1.82) is 0 Å². The van der Waals surface area contributed by atoms with Gasteiger partial charge in [-0.1, -0.05) is 13.0 Å². The van der Waals surface area contributed by atoms with E-state index in [9.17, 15) is 0 Å². The van der Waals surface area contributed by atoms with Crippen LogP contribution in [0.4, 0.5) is 5.82 Å². The molecule has 0 bridgehead atoms. The minimum Gasteiger partial charge on any atom is -0.357 e. The number of hydrogen-bond acceptors (Lipinski definition) is 4. The van der Waals surface area contributed by atoms with E-state index >= 15 is 0 Å². The Morgan fingerprint density at radius 3 is 2.48 bits per heavy atom. The highest BCUT2D eigenvalue weighted by Crippen LogP contribution is 2.12. The topological polar surface area (TPSA) is 55.8 Å². The molecule has 0 amide bonds. The number of aliphatic imine (C=N–C) groups is 1. The highest BCUT2D eigenvalue weighted by Gasteiger charge is 2.19. The van der Waals surface area contributed by atoms with E-state index < -0.39 is 0 Å². The van der Waals surface area contributed by atoms with Gasteiger partial charge in [0, 0.05) is 45.0 Å². The third-order valence-electron chi connectivity index (χ3n) is 5.13. The zero-order chi connectivity index (χ0) is 19.5. The Bertz CT molecular complexity index is 544. The number of likely N-dealkylation sites (tertiary alicyclic amines) is 1. The minimum absolute atomic E-state index is 0.513. The number of nitrogens with one attached hydrogen (secondary N) is 2. The predicted octanol–water partition coefficient (Wildman–Crippen LogP) is 2.86. The Hall–Kier alpha value is -1.82. The van der Waals surface area contributed by atoms with E-state index in [4.69, 9.17) is 4.99 Å². The van der Waals surface area contributed by atoms with Gasteiger partial charge in [0.25, 0.3) is 0 Å². The average molecular weight is 375 g/mol. The van der Waals surface area contributed by atoms with Crippen LogP contribution < -0.4 is 15.5 Å². The first-order chi connectivity index (χ1) is 13.2. The molecule has 1 aromatic rings. The van der Waals surface area contributed by atoms with E-state index in [0.29, 0.717) is 12.6 Å². The zero-order valence-corrected chi connectivity index (χ0v) is 17.7. The van der Waals surface area contributed by atoms with Gasteiger partial charge in [-0.15, -0.1) is 0 Å². The van der Waals surface area contributed by atoms with Crippen LogP contribution in [0.15, 0.2) is 23.3 Å². The molecular weight excluding hydrogens is 336 g/mol. The summed E-state index contributed by atoms with van der Waals surface area (Å²) in [4.78, 5) is 14.2. The van der Waals surface area contributed by atoms with Crippen molar-refractivity contribution in [2.24, 2.45) is 4.99 Å². The number of aromatic nitrogens is 1. The fourth-order valence-corrected chi connectivity index (χ4v) is 3.55. The van der Waals surface area contributed by atoms with E-state index in [0.717, 1.165) is 37.0 Å². The number of hydrogen-bond donors (Lipinski definition) is 2. The van der Waals surface area contributed by atoms with Crippen molar-refractivity contribution >= 4 is 11.8 Å². The van der Waals surface area contributed by atoms with Gasteiger partial charge in [0.1, 0.15) is 5.82 Å².